The number of nitrogens with one attached hydrogen (secondary N) is 1. The van der Waals surface area contributed by atoms with Crippen molar-refractivity contribution in [3.05, 3.63) is 66.5 Å². The van der Waals surface area contributed by atoms with E-state index in [9.17, 15) is 14.7 Å². The number of thioether (sulfide) groups is 1. The molecule has 2 bridgehead atoms. The topological polar surface area (TPSA) is 120 Å². The van der Waals surface area contributed by atoms with Gasteiger partial charge < -0.3 is 14.8 Å². The van der Waals surface area contributed by atoms with Crippen molar-refractivity contribution in [1.82, 2.24) is 9.97 Å². The Bertz CT molecular complexity index is 1680. The summed E-state index contributed by atoms with van der Waals surface area (Å²) in [5.41, 5.74) is 1.87. The molecule has 0 radical (unpaired) electrons. The third kappa shape index (κ3) is 5.30. The molecule has 8 atom stereocenters. The van der Waals surface area contributed by atoms with Crippen molar-refractivity contribution in [2.24, 2.45) is 34.0 Å². The summed E-state index contributed by atoms with van der Waals surface area (Å²) in [6.45, 7) is 13.2. The van der Waals surface area contributed by atoms with E-state index < -0.39 is 23.0 Å². The number of Topliss-reactive ketones (excluding diaryl/α,β-unsaturated/α-hetero) is 1. The molecular weight excluding hydrogens is 584 g/mol. The number of imidazole rings is 1. The van der Waals surface area contributed by atoms with Crippen molar-refractivity contribution in [2.45, 2.75) is 83.7 Å². The molecule has 0 aliphatic heterocycles. The third-order valence-corrected chi connectivity index (χ3v) is 12.7. The fourth-order valence-electron chi connectivity index (χ4n) is 8.86. The molecule has 2 heterocycles. The number of carbonyl (C=O) groups is 2. The number of aromatic nitrogens is 3. The van der Waals surface area contributed by atoms with E-state index in [1.165, 1.54) is 11.8 Å². The number of fused-ring (bicyclic) bond motifs is 1. The first-order valence-electron chi connectivity index (χ1n) is 16.0. The van der Waals surface area contributed by atoms with Crippen LogP contribution in [0.4, 0.5) is 0 Å². The van der Waals surface area contributed by atoms with Crippen LogP contribution < -0.4 is 4.57 Å². The summed E-state index contributed by atoms with van der Waals surface area (Å²) in [5.74, 6) is -0.160. The smallest absolute Gasteiger partial charge is 0.316 e. The SMILES string of the molecule is C=C[C@]1(C)C[C@@H](OC(=O)CSc2nc3cc[n+](Cc4ccc(C#N)cc4)cc3[nH]2)[C@]2(C)[C@H](C)CC[C@]3(CCC(=O)[C@H]32)[C@@H](C)[C@@H]1O. The van der Waals surface area contributed by atoms with Gasteiger partial charge in [-0.05, 0) is 55.1 Å². The number of ketones is 1. The lowest BCUT2D eigenvalue weighted by molar-refractivity contribution is -0.687. The van der Waals surface area contributed by atoms with Crippen molar-refractivity contribution in [1.29, 1.82) is 5.26 Å². The van der Waals surface area contributed by atoms with Crippen LogP contribution in [0.2, 0.25) is 0 Å². The Morgan fingerprint density at radius 1 is 1.27 bits per heavy atom. The zero-order valence-corrected chi connectivity index (χ0v) is 27.4. The van der Waals surface area contributed by atoms with Crippen LogP contribution in [0.3, 0.4) is 0 Å². The lowest BCUT2D eigenvalue weighted by Gasteiger charge is -2.61. The molecule has 3 aliphatic rings. The number of aliphatic hydroxyl groups excluding tert-OH is 1. The first kappa shape index (κ1) is 31.5. The summed E-state index contributed by atoms with van der Waals surface area (Å²) in [4.78, 5) is 35.2. The van der Waals surface area contributed by atoms with Gasteiger partial charge in [-0.25, -0.2) is 4.98 Å². The van der Waals surface area contributed by atoms with Gasteiger partial charge in [-0.15, -0.1) is 6.58 Å². The van der Waals surface area contributed by atoms with Crippen molar-refractivity contribution in [3.8, 4) is 6.07 Å². The highest BCUT2D eigenvalue weighted by Crippen LogP contribution is 2.68. The molecule has 0 saturated heterocycles. The van der Waals surface area contributed by atoms with Crippen LogP contribution in [0.1, 0.15) is 70.9 Å². The molecule has 1 aromatic carbocycles. The molecule has 236 valence electrons. The van der Waals surface area contributed by atoms with Gasteiger partial charge in [0.15, 0.2) is 24.1 Å². The summed E-state index contributed by atoms with van der Waals surface area (Å²) in [5, 5.41) is 21.4. The van der Waals surface area contributed by atoms with E-state index in [-0.39, 0.29) is 40.7 Å². The van der Waals surface area contributed by atoms with Crippen LogP contribution in [0.15, 0.2) is 60.5 Å². The summed E-state index contributed by atoms with van der Waals surface area (Å²) >= 11 is 1.30. The predicted octanol–water partition coefficient (Wildman–Crippen LogP) is 5.77. The number of benzene rings is 1. The Balaban J connectivity index is 1.20. The molecule has 8 nitrogen and oxygen atoms in total. The molecule has 0 spiro atoms. The molecule has 0 amide bonds. The average Bonchev–Trinajstić information content (AvgIpc) is 3.61. The van der Waals surface area contributed by atoms with Gasteiger partial charge in [0.2, 0.25) is 0 Å². The van der Waals surface area contributed by atoms with Crippen molar-refractivity contribution in [3.63, 3.8) is 0 Å². The number of rotatable bonds is 7. The second-order valence-electron chi connectivity index (χ2n) is 14.1. The maximum absolute atomic E-state index is 13.6. The Morgan fingerprint density at radius 3 is 2.73 bits per heavy atom. The Kier molecular flexibility index (Phi) is 8.20. The highest BCUT2D eigenvalue weighted by molar-refractivity contribution is 7.99. The van der Waals surface area contributed by atoms with Crippen LogP contribution in [0.25, 0.3) is 11.0 Å². The second kappa shape index (κ2) is 11.7. The fraction of sp³-hybridized carbons (Fsp3) is 0.528. The minimum atomic E-state index is -0.688. The van der Waals surface area contributed by atoms with Gasteiger partial charge in [-0.2, -0.15) is 9.83 Å². The minimum Gasteiger partial charge on any atom is -0.461 e. The van der Waals surface area contributed by atoms with Crippen molar-refractivity contribution in [2.75, 3.05) is 5.75 Å². The molecule has 3 saturated carbocycles. The quantitative estimate of drug-likeness (QED) is 0.148. The molecule has 3 aliphatic carbocycles. The maximum atomic E-state index is 13.6. The van der Waals surface area contributed by atoms with E-state index in [0.29, 0.717) is 30.1 Å². The number of esters is 1. The van der Waals surface area contributed by atoms with Gasteiger partial charge in [0.25, 0.3) is 0 Å². The van der Waals surface area contributed by atoms with Crippen LogP contribution in [0.5, 0.6) is 0 Å². The molecule has 2 N–H and O–H groups in total. The summed E-state index contributed by atoms with van der Waals surface area (Å²) in [7, 11) is 0. The first-order valence-corrected chi connectivity index (χ1v) is 17.0. The van der Waals surface area contributed by atoms with E-state index in [1.807, 2.05) is 60.3 Å². The third-order valence-electron chi connectivity index (χ3n) is 11.8. The summed E-state index contributed by atoms with van der Waals surface area (Å²) < 4.78 is 8.42. The van der Waals surface area contributed by atoms with Gasteiger partial charge >= 0.3 is 5.97 Å². The number of H-pyrrole nitrogens is 1. The Hall–Kier alpha value is -3.48. The van der Waals surface area contributed by atoms with Gasteiger partial charge in [-0.3, -0.25) is 9.59 Å². The molecule has 6 rings (SSSR count). The number of aromatic amines is 1. The molecular formula is C36H43N4O4S+. The number of carbonyl (C=O) groups excluding carboxylic acids is 2. The minimum absolute atomic E-state index is 0.0631. The predicted molar refractivity (Wildman–Crippen MR) is 172 cm³/mol. The Labute approximate surface area is 269 Å². The van der Waals surface area contributed by atoms with Crippen molar-refractivity contribution >= 4 is 34.5 Å². The van der Waals surface area contributed by atoms with Crippen LogP contribution >= 0.6 is 11.8 Å². The molecule has 45 heavy (non-hydrogen) atoms. The highest BCUT2D eigenvalue weighted by Gasteiger charge is 2.68. The van der Waals surface area contributed by atoms with Gasteiger partial charge in [0.05, 0.1) is 23.5 Å². The second-order valence-corrected chi connectivity index (χ2v) is 15.1. The summed E-state index contributed by atoms with van der Waals surface area (Å²) in [6.07, 6.45) is 8.10. The monoisotopic (exact) mass is 627 g/mol. The standard InChI is InChI=1S/C36H42N4O4S/c1-6-34(4)17-29(35(5)22(2)11-14-36(23(3)32(34)43)15-12-28(41)31(35)36)44-30(42)21-45-33-38-26-13-16-40(20-27(26)39-33)19-25-9-7-24(18-37)8-10-25/h6-10,13,16,20,22-23,29,31-32,43H,1,11-12,14-15,17,19,21H2,2-5H3/p+1/t22-,23+,29-,31+,32+,34-,35+,36+/m1/s1. The highest BCUT2D eigenvalue weighted by atomic mass is 32.2. The largest absolute Gasteiger partial charge is 0.461 e. The molecule has 9 heteroatoms. The zero-order chi connectivity index (χ0) is 32.1. The number of nitrogens with zero attached hydrogens (tertiary/aromatic N) is 3. The lowest BCUT2D eigenvalue weighted by Crippen LogP contribution is -2.63. The lowest BCUT2D eigenvalue weighted by atomic mass is 9.44. The molecule has 3 fully saturated rings. The van der Waals surface area contributed by atoms with Crippen molar-refractivity contribution < 1.29 is 24.0 Å². The number of aliphatic hydroxyl groups is 1. The average molecular weight is 628 g/mol. The number of hydrogen-bond donors (Lipinski definition) is 2. The molecule has 3 aromatic rings. The number of hydrogen-bond acceptors (Lipinski definition) is 7. The number of nitriles is 1. The number of ether oxygens (including phenoxy) is 1. The van der Waals surface area contributed by atoms with E-state index >= 15 is 0 Å². The van der Waals surface area contributed by atoms with E-state index in [2.05, 4.69) is 43.4 Å². The normalized spacial score (nSPS) is 34.4. The first-order chi connectivity index (χ1) is 21.4. The van der Waals surface area contributed by atoms with Crippen LogP contribution in [-0.2, 0) is 20.9 Å². The fourth-order valence-corrected chi connectivity index (χ4v) is 9.53. The number of pyridine rings is 1. The van der Waals surface area contributed by atoms with E-state index in [4.69, 9.17) is 10.00 Å². The maximum Gasteiger partial charge on any atom is 0.316 e. The van der Waals surface area contributed by atoms with E-state index in [1.54, 1.807) is 0 Å². The zero-order valence-electron chi connectivity index (χ0n) is 26.6. The Morgan fingerprint density at radius 2 is 2.02 bits per heavy atom. The van der Waals surface area contributed by atoms with Gasteiger partial charge in [0, 0.05) is 34.8 Å². The molecule has 2 aromatic heterocycles. The van der Waals surface area contributed by atoms with Crippen LogP contribution in [0, 0.1) is 45.3 Å². The van der Waals surface area contributed by atoms with Crippen LogP contribution in [-0.4, -0.2) is 44.8 Å². The van der Waals surface area contributed by atoms with E-state index in [0.717, 1.165) is 35.9 Å². The van der Waals surface area contributed by atoms with Gasteiger partial charge in [0.1, 0.15) is 22.9 Å². The van der Waals surface area contributed by atoms with Gasteiger partial charge in [-0.1, -0.05) is 57.7 Å². The summed E-state index contributed by atoms with van der Waals surface area (Å²) in [6, 6.07) is 11.6. The molecule has 0 unspecified atom stereocenters.